The number of nitro groups is 1. The summed E-state index contributed by atoms with van der Waals surface area (Å²) in [5.41, 5.74) is 2.86. The van der Waals surface area contributed by atoms with Crippen LogP contribution >= 0.6 is 0 Å². The standard InChI is InChI=1S/C18H21FN4O4S/c1-4-22(5-2)28(26,27)18-12-14(23(24)25)10-11-17(18)21-20-13(3)15-8-6-7-9-16(15)19/h6-12,21H,4-5H2,1-3H3/b20-13+. The van der Waals surface area contributed by atoms with Crippen LogP contribution in [0.4, 0.5) is 15.8 Å². The van der Waals surface area contributed by atoms with E-state index >= 15 is 0 Å². The molecule has 0 aromatic heterocycles. The molecule has 28 heavy (non-hydrogen) atoms. The predicted octanol–water partition coefficient (Wildman–Crippen LogP) is 3.60. The molecular weight excluding hydrogens is 387 g/mol. The maximum Gasteiger partial charge on any atom is 0.270 e. The van der Waals surface area contributed by atoms with E-state index < -0.39 is 20.8 Å². The third-order valence-corrected chi connectivity index (χ3v) is 6.20. The Labute approximate surface area is 162 Å². The van der Waals surface area contributed by atoms with Gasteiger partial charge in [-0.05, 0) is 19.1 Å². The Morgan fingerprint density at radius 3 is 2.43 bits per heavy atom. The maximum atomic E-state index is 13.9. The third-order valence-electron chi connectivity index (χ3n) is 4.11. The summed E-state index contributed by atoms with van der Waals surface area (Å²) in [6.07, 6.45) is 0. The lowest BCUT2D eigenvalue weighted by Crippen LogP contribution is -2.31. The monoisotopic (exact) mass is 408 g/mol. The first-order chi connectivity index (χ1) is 13.2. The van der Waals surface area contributed by atoms with Crippen molar-refractivity contribution in [1.29, 1.82) is 0 Å². The lowest BCUT2D eigenvalue weighted by atomic mass is 10.1. The molecule has 0 saturated carbocycles. The molecule has 2 aromatic rings. The van der Waals surface area contributed by atoms with Crippen molar-refractivity contribution in [3.63, 3.8) is 0 Å². The number of hydrogen-bond acceptors (Lipinski definition) is 6. The van der Waals surface area contributed by atoms with E-state index in [2.05, 4.69) is 10.5 Å². The van der Waals surface area contributed by atoms with E-state index in [4.69, 9.17) is 0 Å². The Hall–Kier alpha value is -2.85. The van der Waals surface area contributed by atoms with E-state index in [1.807, 2.05) is 0 Å². The number of nitrogens with zero attached hydrogens (tertiary/aromatic N) is 3. The Morgan fingerprint density at radius 2 is 1.86 bits per heavy atom. The summed E-state index contributed by atoms with van der Waals surface area (Å²) in [5.74, 6) is -0.467. The van der Waals surface area contributed by atoms with E-state index in [-0.39, 0.29) is 34.9 Å². The molecule has 2 rings (SSSR count). The highest BCUT2D eigenvalue weighted by molar-refractivity contribution is 7.89. The van der Waals surface area contributed by atoms with Crippen molar-refractivity contribution in [2.24, 2.45) is 5.10 Å². The average Bonchev–Trinajstić information content (AvgIpc) is 2.67. The van der Waals surface area contributed by atoms with Crippen LogP contribution in [0.15, 0.2) is 52.5 Å². The van der Waals surface area contributed by atoms with Crippen LogP contribution in [0.25, 0.3) is 0 Å². The van der Waals surface area contributed by atoms with Gasteiger partial charge in [0.1, 0.15) is 10.7 Å². The van der Waals surface area contributed by atoms with Gasteiger partial charge in [0.2, 0.25) is 10.0 Å². The first-order valence-corrected chi connectivity index (χ1v) is 10.00. The number of nitro benzene ring substituents is 1. The van der Waals surface area contributed by atoms with Crippen LogP contribution in [0.2, 0.25) is 0 Å². The minimum atomic E-state index is -3.99. The number of hydrazone groups is 1. The molecule has 2 aromatic carbocycles. The van der Waals surface area contributed by atoms with Crippen LogP contribution in [0.5, 0.6) is 0 Å². The van der Waals surface area contributed by atoms with Gasteiger partial charge in [0.05, 0.1) is 16.3 Å². The van der Waals surface area contributed by atoms with Crippen molar-refractivity contribution in [1.82, 2.24) is 4.31 Å². The van der Waals surface area contributed by atoms with Gasteiger partial charge in [0, 0.05) is 30.8 Å². The number of non-ortho nitro benzene ring substituents is 1. The molecule has 1 N–H and O–H groups in total. The van der Waals surface area contributed by atoms with Gasteiger partial charge in [0.25, 0.3) is 5.69 Å². The topological polar surface area (TPSA) is 105 Å². The summed E-state index contributed by atoms with van der Waals surface area (Å²) in [7, 11) is -3.99. The second kappa shape index (κ2) is 8.89. The van der Waals surface area contributed by atoms with Crippen LogP contribution in [0, 0.1) is 15.9 Å². The fourth-order valence-corrected chi connectivity index (χ4v) is 4.21. The van der Waals surface area contributed by atoms with Crippen molar-refractivity contribution in [2.45, 2.75) is 25.7 Å². The van der Waals surface area contributed by atoms with E-state index in [1.54, 1.807) is 39.0 Å². The number of rotatable bonds is 8. The van der Waals surface area contributed by atoms with Crippen LogP contribution < -0.4 is 5.43 Å². The molecule has 0 unspecified atom stereocenters. The van der Waals surface area contributed by atoms with Crippen LogP contribution in [-0.4, -0.2) is 36.4 Å². The van der Waals surface area contributed by atoms with Gasteiger partial charge in [-0.15, -0.1) is 0 Å². The van der Waals surface area contributed by atoms with Gasteiger partial charge >= 0.3 is 0 Å². The minimum absolute atomic E-state index is 0.0631. The number of sulfonamides is 1. The molecule has 0 aliphatic rings. The fourth-order valence-electron chi connectivity index (χ4n) is 2.59. The summed E-state index contributed by atoms with van der Waals surface area (Å²) >= 11 is 0. The van der Waals surface area contributed by atoms with Crippen molar-refractivity contribution in [3.05, 3.63) is 64.0 Å². The summed E-state index contributed by atoms with van der Waals surface area (Å²) < 4.78 is 40.9. The molecule has 0 bridgehead atoms. The molecule has 0 aliphatic heterocycles. The molecule has 0 saturated heterocycles. The summed E-state index contributed by atoms with van der Waals surface area (Å²) in [5, 5.41) is 15.2. The van der Waals surface area contributed by atoms with Gasteiger partial charge in [-0.25, -0.2) is 12.8 Å². The smallest absolute Gasteiger partial charge is 0.270 e. The largest absolute Gasteiger partial charge is 0.277 e. The summed E-state index contributed by atoms with van der Waals surface area (Å²) in [4.78, 5) is 10.2. The van der Waals surface area contributed by atoms with Crippen molar-refractivity contribution in [3.8, 4) is 0 Å². The second-order valence-corrected chi connectivity index (χ2v) is 7.72. The van der Waals surface area contributed by atoms with E-state index in [0.717, 1.165) is 6.07 Å². The Bertz CT molecular complexity index is 1000. The zero-order valence-electron chi connectivity index (χ0n) is 15.7. The Balaban J connectivity index is 2.51. The molecule has 0 fully saturated rings. The number of benzene rings is 2. The summed E-state index contributed by atoms with van der Waals surface area (Å²) in [6, 6.07) is 9.47. The first kappa shape index (κ1) is 21.5. The third kappa shape index (κ3) is 4.52. The van der Waals surface area contributed by atoms with E-state index in [9.17, 15) is 22.9 Å². The molecule has 10 heteroatoms. The van der Waals surface area contributed by atoms with Crippen LogP contribution in [0.3, 0.4) is 0 Å². The zero-order chi connectivity index (χ0) is 20.9. The van der Waals surface area contributed by atoms with Crippen molar-refractivity contribution >= 4 is 27.1 Å². The average molecular weight is 408 g/mol. The van der Waals surface area contributed by atoms with Crippen LogP contribution in [-0.2, 0) is 10.0 Å². The molecule has 0 heterocycles. The highest BCUT2D eigenvalue weighted by Gasteiger charge is 2.27. The Kier molecular flexibility index (Phi) is 6.81. The van der Waals surface area contributed by atoms with Gasteiger partial charge in [-0.1, -0.05) is 32.0 Å². The first-order valence-electron chi connectivity index (χ1n) is 8.56. The van der Waals surface area contributed by atoms with E-state index in [1.165, 1.54) is 22.5 Å². The maximum absolute atomic E-state index is 13.9. The number of halogens is 1. The van der Waals surface area contributed by atoms with Crippen molar-refractivity contribution < 1.29 is 17.7 Å². The second-order valence-electron chi connectivity index (χ2n) is 5.82. The fraction of sp³-hybridized carbons (Fsp3) is 0.278. The molecule has 0 atom stereocenters. The number of hydrogen-bond donors (Lipinski definition) is 1. The van der Waals surface area contributed by atoms with Gasteiger partial charge in [-0.3, -0.25) is 15.5 Å². The minimum Gasteiger partial charge on any atom is -0.277 e. The number of nitrogens with one attached hydrogen (secondary N) is 1. The lowest BCUT2D eigenvalue weighted by Gasteiger charge is -2.20. The molecule has 0 aliphatic carbocycles. The van der Waals surface area contributed by atoms with Gasteiger partial charge in [0.15, 0.2) is 0 Å². The van der Waals surface area contributed by atoms with E-state index in [0.29, 0.717) is 5.71 Å². The molecular formula is C18H21FN4O4S. The highest BCUT2D eigenvalue weighted by atomic mass is 32.2. The molecule has 0 spiro atoms. The highest BCUT2D eigenvalue weighted by Crippen LogP contribution is 2.29. The van der Waals surface area contributed by atoms with Gasteiger partial charge in [-0.2, -0.15) is 9.41 Å². The zero-order valence-corrected chi connectivity index (χ0v) is 16.5. The quantitative estimate of drug-likeness (QED) is 0.408. The molecule has 150 valence electrons. The normalized spacial score (nSPS) is 12.2. The van der Waals surface area contributed by atoms with Crippen molar-refractivity contribution in [2.75, 3.05) is 18.5 Å². The van der Waals surface area contributed by atoms with Crippen LogP contribution in [0.1, 0.15) is 26.3 Å². The SMILES string of the molecule is CCN(CC)S(=O)(=O)c1cc([N+](=O)[O-])ccc1N/N=C(\C)c1ccccc1F. The van der Waals surface area contributed by atoms with Gasteiger partial charge < -0.3 is 0 Å². The molecule has 0 amide bonds. The molecule has 0 radical (unpaired) electrons. The lowest BCUT2D eigenvalue weighted by molar-refractivity contribution is -0.385. The number of anilines is 1. The predicted molar refractivity (Wildman–Crippen MR) is 105 cm³/mol. The molecule has 8 nitrogen and oxygen atoms in total. The Morgan fingerprint density at radius 1 is 1.21 bits per heavy atom. The summed E-state index contributed by atoms with van der Waals surface area (Å²) in [6.45, 7) is 5.32.